The lowest BCUT2D eigenvalue weighted by atomic mass is 9.86. The third kappa shape index (κ3) is 5.28. The highest BCUT2D eigenvalue weighted by Crippen LogP contribution is 2.30. The van der Waals surface area contributed by atoms with Gasteiger partial charge in [0.1, 0.15) is 5.60 Å². The largest absolute Gasteiger partial charge is 0.379 e. The number of carbonyl (C=O) groups excluding carboxylic acids is 2. The van der Waals surface area contributed by atoms with E-state index >= 15 is 0 Å². The molecular formula is C18H19BrClN3O3. The Bertz CT molecular complexity index is 721. The van der Waals surface area contributed by atoms with Gasteiger partial charge in [0.05, 0.1) is 19.6 Å². The smallest absolute Gasteiger partial charge is 0.239 e. The van der Waals surface area contributed by atoms with Gasteiger partial charge >= 0.3 is 0 Å². The lowest BCUT2D eigenvalue weighted by Gasteiger charge is -2.30. The van der Waals surface area contributed by atoms with Gasteiger partial charge in [-0.2, -0.15) is 0 Å². The number of benzene rings is 2. The number of nitrogens with one attached hydrogen (secondary N) is 2. The topological polar surface area (TPSA) is 104 Å². The van der Waals surface area contributed by atoms with Crippen molar-refractivity contribution in [1.82, 2.24) is 10.6 Å². The average molecular weight is 441 g/mol. The van der Waals surface area contributed by atoms with Crippen molar-refractivity contribution in [2.45, 2.75) is 5.60 Å². The van der Waals surface area contributed by atoms with Gasteiger partial charge in [-0.25, -0.2) is 0 Å². The van der Waals surface area contributed by atoms with Gasteiger partial charge in [-0.05, 0) is 35.4 Å². The predicted octanol–water partition coefficient (Wildman–Crippen LogP) is 1.53. The summed E-state index contributed by atoms with van der Waals surface area (Å²) in [6, 6.07) is 13.9. The molecule has 138 valence electrons. The molecule has 8 heteroatoms. The number of aliphatic hydroxyl groups is 1. The van der Waals surface area contributed by atoms with Crippen LogP contribution in [0, 0.1) is 0 Å². The summed E-state index contributed by atoms with van der Waals surface area (Å²) in [5, 5.41) is 16.9. The zero-order chi connectivity index (χ0) is 19.2. The molecule has 5 N–H and O–H groups in total. The molecule has 0 aromatic heterocycles. The monoisotopic (exact) mass is 439 g/mol. The zero-order valence-corrected chi connectivity index (χ0v) is 16.2. The first-order valence-corrected chi connectivity index (χ1v) is 9.00. The van der Waals surface area contributed by atoms with Crippen molar-refractivity contribution < 1.29 is 14.7 Å². The minimum absolute atomic E-state index is 0.0758. The number of carbonyl (C=O) groups is 2. The highest BCUT2D eigenvalue weighted by atomic mass is 79.9. The SMILES string of the molecule is NCC(=O)NCC(=O)NCC(O)(c1ccc(Cl)cc1)c1ccc(Br)cc1. The predicted molar refractivity (Wildman–Crippen MR) is 104 cm³/mol. The molecule has 0 bridgehead atoms. The van der Waals surface area contributed by atoms with Gasteiger partial charge in [0, 0.05) is 9.50 Å². The molecule has 0 radical (unpaired) electrons. The fraction of sp³-hybridized carbons (Fsp3) is 0.222. The molecule has 0 heterocycles. The Hall–Kier alpha value is -1.93. The molecule has 1 unspecified atom stereocenters. The van der Waals surface area contributed by atoms with Crippen molar-refractivity contribution in [3.63, 3.8) is 0 Å². The van der Waals surface area contributed by atoms with E-state index in [-0.39, 0.29) is 19.6 Å². The maximum absolute atomic E-state index is 12.0. The van der Waals surface area contributed by atoms with E-state index in [1.807, 2.05) is 0 Å². The van der Waals surface area contributed by atoms with E-state index in [1.165, 1.54) is 0 Å². The van der Waals surface area contributed by atoms with Crippen LogP contribution in [0.3, 0.4) is 0 Å². The van der Waals surface area contributed by atoms with Crippen LogP contribution in [-0.2, 0) is 15.2 Å². The summed E-state index contributed by atoms with van der Waals surface area (Å²) in [6.45, 7) is -0.485. The second kappa shape index (κ2) is 9.14. The number of hydrogen-bond donors (Lipinski definition) is 4. The van der Waals surface area contributed by atoms with Crippen LogP contribution in [-0.4, -0.2) is 36.6 Å². The highest BCUT2D eigenvalue weighted by molar-refractivity contribution is 9.10. The minimum atomic E-state index is -1.46. The maximum Gasteiger partial charge on any atom is 0.239 e. The molecule has 2 rings (SSSR count). The molecule has 0 saturated heterocycles. The fourth-order valence-electron chi connectivity index (χ4n) is 2.36. The van der Waals surface area contributed by atoms with Crippen LogP contribution in [0.4, 0.5) is 0 Å². The molecule has 0 spiro atoms. The molecule has 0 fully saturated rings. The van der Waals surface area contributed by atoms with E-state index in [1.54, 1.807) is 48.5 Å². The Morgan fingerprint density at radius 2 is 1.54 bits per heavy atom. The fourth-order valence-corrected chi connectivity index (χ4v) is 2.75. The Morgan fingerprint density at radius 1 is 1.00 bits per heavy atom. The lowest BCUT2D eigenvalue weighted by molar-refractivity contribution is -0.125. The Labute approximate surface area is 164 Å². The van der Waals surface area contributed by atoms with Crippen molar-refractivity contribution in [2.75, 3.05) is 19.6 Å². The van der Waals surface area contributed by atoms with Crippen molar-refractivity contribution >= 4 is 39.3 Å². The first-order valence-electron chi connectivity index (χ1n) is 7.83. The van der Waals surface area contributed by atoms with Crippen molar-refractivity contribution in [2.24, 2.45) is 5.73 Å². The van der Waals surface area contributed by atoms with E-state index in [4.69, 9.17) is 17.3 Å². The molecule has 2 aromatic rings. The Balaban J connectivity index is 2.21. The van der Waals surface area contributed by atoms with Crippen LogP contribution in [0.5, 0.6) is 0 Å². The quantitative estimate of drug-likeness (QED) is 0.524. The van der Waals surface area contributed by atoms with Crippen molar-refractivity contribution in [3.8, 4) is 0 Å². The van der Waals surface area contributed by atoms with E-state index in [2.05, 4.69) is 26.6 Å². The molecule has 0 aliphatic heterocycles. The summed E-state index contributed by atoms with van der Waals surface area (Å²) in [6.07, 6.45) is 0. The second-order valence-corrected chi connectivity index (χ2v) is 6.98. The summed E-state index contributed by atoms with van der Waals surface area (Å²) in [4.78, 5) is 23.1. The van der Waals surface area contributed by atoms with E-state index in [0.717, 1.165) is 4.47 Å². The number of rotatable bonds is 7. The van der Waals surface area contributed by atoms with Gasteiger partial charge in [0.15, 0.2) is 0 Å². The van der Waals surface area contributed by atoms with Gasteiger partial charge in [-0.3, -0.25) is 9.59 Å². The van der Waals surface area contributed by atoms with Gasteiger partial charge in [0.2, 0.25) is 11.8 Å². The Morgan fingerprint density at radius 3 is 2.08 bits per heavy atom. The summed E-state index contributed by atoms with van der Waals surface area (Å²) < 4.78 is 0.869. The van der Waals surface area contributed by atoms with Crippen LogP contribution < -0.4 is 16.4 Å². The summed E-state index contributed by atoms with van der Waals surface area (Å²) in [7, 11) is 0. The summed E-state index contributed by atoms with van der Waals surface area (Å²) in [5.41, 5.74) is 4.91. The molecule has 2 aromatic carbocycles. The van der Waals surface area contributed by atoms with E-state index in [0.29, 0.717) is 16.1 Å². The molecule has 0 saturated carbocycles. The first-order chi connectivity index (χ1) is 12.3. The molecule has 6 nitrogen and oxygen atoms in total. The van der Waals surface area contributed by atoms with Gasteiger partial charge in [-0.1, -0.05) is 51.8 Å². The maximum atomic E-state index is 12.0. The van der Waals surface area contributed by atoms with Crippen LogP contribution in [0.25, 0.3) is 0 Å². The van der Waals surface area contributed by atoms with Crippen LogP contribution >= 0.6 is 27.5 Å². The van der Waals surface area contributed by atoms with Gasteiger partial charge < -0.3 is 21.5 Å². The van der Waals surface area contributed by atoms with Crippen LogP contribution in [0.2, 0.25) is 5.02 Å². The van der Waals surface area contributed by atoms with Crippen LogP contribution in [0.1, 0.15) is 11.1 Å². The third-order valence-corrected chi connectivity index (χ3v) is 4.60. The first kappa shape index (κ1) is 20.4. The molecule has 0 aliphatic rings. The normalized spacial score (nSPS) is 12.9. The molecule has 26 heavy (non-hydrogen) atoms. The van der Waals surface area contributed by atoms with Gasteiger partial charge in [0.25, 0.3) is 0 Å². The average Bonchev–Trinajstić information content (AvgIpc) is 2.65. The third-order valence-electron chi connectivity index (χ3n) is 3.82. The standard InChI is InChI=1S/C18H19BrClN3O3/c19-14-5-1-12(2-6-14)18(26,13-3-7-15(20)8-4-13)11-23-17(25)10-22-16(24)9-21/h1-8,26H,9-11,21H2,(H,22,24)(H,23,25). The molecule has 0 aliphatic carbocycles. The van der Waals surface area contributed by atoms with Gasteiger partial charge in [-0.15, -0.1) is 0 Å². The number of hydrogen-bond acceptors (Lipinski definition) is 4. The highest BCUT2D eigenvalue weighted by Gasteiger charge is 2.32. The van der Waals surface area contributed by atoms with Crippen molar-refractivity contribution in [3.05, 3.63) is 69.2 Å². The van der Waals surface area contributed by atoms with Crippen molar-refractivity contribution in [1.29, 1.82) is 0 Å². The number of nitrogens with two attached hydrogens (primary N) is 1. The minimum Gasteiger partial charge on any atom is -0.379 e. The van der Waals surface area contributed by atoms with E-state index in [9.17, 15) is 14.7 Å². The second-order valence-electron chi connectivity index (χ2n) is 5.63. The number of halogens is 2. The molecular weight excluding hydrogens is 422 g/mol. The van der Waals surface area contributed by atoms with E-state index < -0.39 is 17.4 Å². The zero-order valence-electron chi connectivity index (χ0n) is 13.8. The number of amides is 2. The Kier molecular flexibility index (Phi) is 7.16. The van der Waals surface area contributed by atoms with Crippen LogP contribution in [0.15, 0.2) is 53.0 Å². The summed E-state index contributed by atoms with van der Waals surface area (Å²) >= 11 is 9.29. The lowest BCUT2D eigenvalue weighted by Crippen LogP contribution is -2.45. The molecule has 2 amide bonds. The molecule has 1 atom stereocenters. The summed E-state index contributed by atoms with van der Waals surface area (Å²) in [5.74, 6) is -0.864.